The van der Waals surface area contributed by atoms with Crippen LogP contribution in [0.3, 0.4) is 0 Å². The van der Waals surface area contributed by atoms with E-state index in [0.29, 0.717) is 56.9 Å². The van der Waals surface area contributed by atoms with Crippen molar-refractivity contribution in [2.75, 3.05) is 46.4 Å². The fourth-order valence-corrected chi connectivity index (χ4v) is 5.86. The molecule has 2 atom stereocenters. The summed E-state index contributed by atoms with van der Waals surface area (Å²) >= 11 is 1.38. The highest BCUT2D eigenvalue weighted by Crippen LogP contribution is 2.28. The van der Waals surface area contributed by atoms with E-state index in [1.807, 2.05) is 37.1 Å². The lowest BCUT2D eigenvalue weighted by molar-refractivity contribution is -0.136. The molecule has 1 aromatic rings. The highest BCUT2D eigenvalue weighted by Gasteiger charge is 2.43. The van der Waals surface area contributed by atoms with E-state index in [4.69, 9.17) is 4.74 Å². The molecule has 0 saturated carbocycles. The average Bonchev–Trinajstić information content (AvgIpc) is 3.45. The maximum atomic E-state index is 13.5. The largest absolute Gasteiger partial charge is 0.375 e. The van der Waals surface area contributed by atoms with Crippen LogP contribution in [0.2, 0.25) is 0 Å². The van der Waals surface area contributed by atoms with Gasteiger partial charge in [0.15, 0.2) is 0 Å². The first-order valence-corrected chi connectivity index (χ1v) is 13.8. The van der Waals surface area contributed by atoms with Crippen molar-refractivity contribution < 1.29 is 23.9 Å². The SMILES string of the molecule is COCC(=O)N1CCCCNC(=O)[C@@H]2C[C@@H](CN2C(=O)c2sccc2C)N(C(=O)CC(C)C)CCC1. The second-order valence-electron chi connectivity index (χ2n) is 10.1. The van der Waals surface area contributed by atoms with Crippen molar-refractivity contribution in [3.63, 3.8) is 0 Å². The van der Waals surface area contributed by atoms with Crippen LogP contribution in [0.25, 0.3) is 0 Å². The zero-order valence-electron chi connectivity index (χ0n) is 22.0. The van der Waals surface area contributed by atoms with Gasteiger partial charge >= 0.3 is 0 Å². The van der Waals surface area contributed by atoms with Crippen molar-refractivity contribution in [2.45, 2.75) is 65.0 Å². The Morgan fingerprint density at radius 2 is 1.86 bits per heavy atom. The lowest BCUT2D eigenvalue weighted by Crippen LogP contribution is -2.46. The molecule has 3 rings (SSSR count). The maximum Gasteiger partial charge on any atom is 0.264 e. The zero-order valence-corrected chi connectivity index (χ0v) is 22.8. The molecule has 1 N–H and O–H groups in total. The van der Waals surface area contributed by atoms with Gasteiger partial charge in [0.05, 0.1) is 10.9 Å². The van der Waals surface area contributed by atoms with Gasteiger partial charge in [0, 0.05) is 46.3 Å². The van der Waals surface area contributed by atoms with Crippen LogP contribution in [-0.4, -0.2) is 96.9 Å². The molecule has 2 aliphatic heterocycles. The van der Waals surface area contributed by atoms with E-state index in [1.54, 1.807) is 9.80 Å². The minimum atomic E-state index is -0.610. The number of ether oxygens (including phenoxy) is 1. The second kappa shape index (κ2) is 13.2. The van der Waals surface area contributed by atoms with Crippen molar-refractivity contribution in [1.29, 1.82) is 0 Å². The van der Waals surface area contributed by atoms with Gasteiger partial charge in [0.2, 0.25) is 17.7 Å². The Balaban J connectivity index is 1.86. The van der Waals surface area contributed by atoms with E-state index in [1.165, 1.54) is 18.4 Å². The molecular formula is C26H40N4O5S. The number of carbonyl (C=O) groups is 4. The lowest BCUT2D eigenvalue weighted by Gasteiger charge is -2.31. The summed E-state index contributed by atoms with van der Waals surface area (Å²) < 4.78 is 5.05. The molecule has 0 unspecified atom stereocenters. The monoisotopic (exact) mass is 520 g/mol. The Morgan fingerprint density at radius 1 is 1.11 bits per heavy atom. The highest BCUT2D eigenvalue weighted by atomic mass is 32.1. The first kappa shape index (κ1) is 28.1. The number of rotatable bonds is 5. The van der Waals surface area contributed by atoms with Crippen LogP contribution in [0.4, 0.5) is 0 Å². The molecule has 1 aromatic heterocycles. The Morgan fingerprint density at radius 3 is 2.53 bits per heavy atom. The van der Waals surface area contributed by atoms with Gasteiger partial charge in [-0.25, -0.2) is 0 Å². The van der Waals surface area contributed by atoms with Gasteiger partial charge in [-0.2, -0.15) is 0 Å². The van der Waals surface area contributed by atoms with Crippen LogP contribution < -0.4 is 5.32 Å². The van der Waals surface area contributed by atoms with Gasteiger partial charge in [-0.1, -0.05) is 13.8 Å². The normalized spacial score (nSPS) is 21.9. The molecule has 0 spiro atoms. The predicted octanol–water partition coefficient (Wildman–Crippen LogP) is 2.29. The predicted molar refractivity (Wildman–Crippen MR) is 139 cm³/mol. The summed E-state index contributed by atoms with van der Waals surface area (Å²) in [6.45, 7) is 8.32. The number of carbonyl (C=O) groups excluding carboxylic acids is 4. The van der Waals surface area contributed by atoms with E-state index in [0.717, 1.165) is 18.4 Å². The second-order valence-corrected chi connectivity index (χ2v) is 11.1. The number of fused-ring (bicyclic) bond motifs is 2. The third-order valence-corrected chi connectivity index (χ3v) is 7.85. The van der Waals surface area contributed by atoms with E-state index in [9.17, 15) is 19.2 Å². The number of nitrogens with zero attached hydrogens (tertiary/aromatic N) is 3. The molecule has 0 radical (unpaired) electrons. The van der Waals surface area contributed by atoms with Crippen molar-refractivity contribution in [1.82, 2.24) is 20.0 Å². The van der Waals surface area contributed by atoms with E-state index in [-0.39, 0.29) is 42.2 Å². The quantitative estimate of drug-likeness (QED) is 0.642. The van der Waals surface area contributed by atoms with Gasteiger partial charge in [-0.05, 0) is 55.5 Å². The lowest BCUT2D eigenvalue weighted by atomic mass is 10.1. The van der Waals surface area contributed by atoms with Crippen LogP contribution in [0.15, 0.2) is 11.4 Å². The third kappa shape index (κ3) is 7.06. The van der Waals surface area contributed by atoms with Gasteiger partial charge in [0.25, 0.3) is 5.91 Å². The summed E-state index contributed by atoms with van der Waals surface area (Å²) in [4.78, 5) is 58.5. The summed E-state index contributed by atoms with van der Waals surface area (Å²) in [5.74, 6) is -0.185. The third-order valence-electron chi connectivity index (χ3n) is 6.84. The number of nitrogens with one attached hydrogen (secondary N) is 1. The van der Waals surface area contributed by atoms with Gasteiger partial charge in [0.1, 0.15) is 12.6 Å². The van der Waals surface area contributed by atoms with Crippen LogP contribution >= 0.6 is 11.3 Å². The minimum absolute atomic E-state index is 0.0241. The van der Waals surface area contributed by atoms with Crippen molar-refractivity contribution in [3.05, 3.63) is 21.9 Å². The maximum absolute atomic E-state index is 13.5. The molecule has 2 fully saturated rings. The van der Waals surface area contributed by atoms with Gasteiger partial charge < -0.3 is 24.8 Å². The van der Waals surface area contributed by atoms with Crippen LogP contribution in [0.1, 0.15) is 61.2 Å². The summed E-state index contributed by atoms with van der Waals surface area (Å²) in [5, 5.41) is 4.88. The van der Waals surface area contributed by atoms with Crippen LogP contribution in [-0.2, 0) is 19.1 Å². The van der Waals surface area contributed by atoms with Gasteiger partial charge in [-0.15, -0.1) is 11.3 Å². The number of aryl methyl sites for hydroxylation is 1. The standard InChI is InChI=1S/C26H40N4O5S/c1-18(2)14-22(31)29-12-7-11-28(23(32)17-35-4)10-6-5-9-27-25(33)21-15-20(29)16-30(21)26(34)24-19(3)8-13-36-24/h8,13,18,20-21H,5-7,9-12,14-17H2,1-4H3,(H,27,33)/t20-,21-/m0/s1. The summed E-state index contributed by atoms with van der Waals surface area (Å²) in [7, 11) is 1.51. The summed E-state index contributed by atoms with van der Waals surface area (Å²) in [6.07, 6.45) is 2.92. The van der Waals surface area contributed by atoms with E-state index >= 15 is 0 Å². The fourth-order valence-electron chi connectivity index (χ4n) is 4.98. The number of amides is 4. The zero-order chi connectivity index (χ0) is 26.2. The highest BCUT2D eigenvalue weighted by molar-refractivity contribution is 7.12. The van der Waals surface area contributed by atoms with E-state index in [2.05, 4.69) is 5.32 Å². The number of hydrogen-bond acceptors (Lipinski definition) is 6. The van der Waals surface area contributed by atoms with Crippen molar-refractivity contribution in [3.8, 4) is 0 Å². The van der Waals surface area contributed by atoms with Crippen molar-refractivity contribution >= 4 is 35.0 Å². The summed E-state index contributed by atoms with van der Waals surface area (Å²) in [6, 6.07) is 1.05. The molecule has 10 heteroatoms. The molecule has 2 saturated heterocycles. The number of thiophene rings is 1. The smallest absolute Gasteiger partial charge is 0.264 e. The van der Waals surface area contributed by atoms with Crippen LogP contribution in [0.5, 0.6) is 0 Å². The summed E-state index contributed by atoms with van der Waals surface area (Å²) in [5.41, 5.74) is 0.895. The molecule has 4 amide bonds. The molecule has 200 valence electrons. The number of methoxy groups -OCH3 is 1. The first-order chi connectivity index (χ1) is 17.2. The fraction of sp³-hybridized carbons (Fsp3) is 0.692. The number of hydrogen-bond donors (Lipinski definition) is 1. The van der Waals surface area contributed by atoms with Gasteiger partial charge in [-0.3, -0.25) is 19.2 Å². The Bertz CT molecular complexity index is 933. The average molecular weight is 521 g/mol. The number of likely N-dealkylation sites (tertiary alicyclic amines) is 1. The molecule has 0 aromatic carbocycles. The van der Waals surface area contributed by atoms with E-state index < -0.39 is 6.04 Å². The Kier molecular flexibility index (Phi) is 10.3. The molecule has 2 aliphatic rings. The molecule has 2 bridgehead atoms. The topological polar surface area (TPSA) is 99.3 Å². The molecule has 3 heterocycles. The first-order valence-electron chi connectivity index (χ1n) is 12.9. The molecule has 36 heavy (non-hydrogen) atoms. The molecule has 0 aliphatic carbocycles. The molecular weight excluding hydrogens is 480 g/mol. The van der Waals surface area contributed by atoms with Crippen molar-refractivity contribution in [2.24, 2.45) is 5.92 Å². The Labute approximate surface area is 218 Å². The molecule has 9 nitrogen and oxygen atoms in total. The Hall–Kier alpha value is -2.46. The van der Waals surface area contributed by atoms with Crippen LogP contribution in [0, 0.1) is 12.8 Å². The minimum Gasteiger partial charge on any atom is -0.375 e.